The monoisotopic (exact) mass is 267 g/mol. The summed E-state index contributed by atoms with van der Waals surface area (Å²) >= 11 is 5.76. The second-order valence-electron chi connectivity index (χ2n) is 3.25. The summed E-state index contributed by atoms with van der Waals surface area (Å²) in [6.45, 7) is 1.91. The summed E-state index contributed by atoms with van der Waals surface area (Å²) in [5, 5.41) is 3.87. The van der Waals surface area contributed by atoms with E-state index in [1.165, 1.54) is 4.68 Å². The van der Waals surface area contributed by atoms with E-state index in [1.807, 2.05) is 0 Å². The van der Waals surface area contributed by atoms with Crippen LogP contribution in [0.3, 0.4) is 0 Å². The van der Waals surface area contributed by atoms with Crippen molar-refractivity contribution in [2.24, 2.45) is 0 Å². The fourth-order valence-electron chi connectivity index (χ4n) is 1.35. The summed E-state index contributed by atoms with van der Waals surface area (Å²) in [5.41, 5.74) is 5.83. The van der Waals surface area contributed by atoms with Gasteiger partial charge >= 0.3 is 5.97 Å². The molecule has 0 aliphatic heterocycles. The van der Waals surface area contributed by atoms with Gasteiger partial charge in [0.1, 0.15) is 5.69 Å². The number of hydrogen-bond donors (Lipinski definition) is 1. The van der Waals surface area contributed by atoms with Crippen LogP contribution in [0.4, 0.5) is 5.69 Å². The Morgan fingerprint density at radius 2 is 2.33 bits per heavy atom. The lowest BCUT2D eigenvalue weighted by Gasteiger charge is -2.09. The number of anilines is 1. The highest BCUT2D eigenvalue weighted by atomic mass is 35.5. The van der Waals surface area contributed by atoms with Crippen LogP contribution in [-0.2, 0) is 4.74 Å². The highest BCUT2D eigenvalue weighted by Crippen LogP contribution is 2.20. The normalized spacial score (nSPS) is 10.3. The maximum Gasteiger partial charge on any atom is 0.359 e. The lowest BCUT2D eigenvalue weighted by Crippen LogP contribution is -2.15. The van der Waals surface area contributed by atoms with Gasteiger partial charge in [0.25, 0.3) is 0 Å². The quantitative estimate of drug-likeness (QED) is 0.660. The molecule has 0 spiro atoms. The maximum absolute atomic E-state index is 11.7. The first-order valence-corrected chi connectivity index (χ1v) is 5.51. The number of esters is 1. The van der Waals surface area contributed by atoms with Gasteiger partial charge in [-0.1, -0.05) is 0 Å². The Morgan fingerprint density at radius 1 is 1.56 bits per heavy atom. The van der Waals surface area contributed by atoms with Crippen molar-refractivity contribution in [3.63, 3.8) is 0 Å². The van der Waals surface area contributed by atoms with E-state index in [0.29, 0.717) is 0 Å². The molecular weight excluding hydrogens is 258 g/mol. The first-order chi connectivity index (χ1) is 8.63. The van der Waals surface area contributed by atoms with Gasteiger partial charge < -0.3 is 10.5 Å². The van der Waals surface area contributed by atoms with Crippen LogP contribution in [0.5, 0.6) is 0 Å². The van der Waals surface area contributed by atoms with Crippen molar-refractivity contribution in [1.29, 1.82) is 0 Å². The van der Waals surface area contributed by atoms with E-state index in [-0.39, 0.29) is 29.1 Å². The lowest BCUT2D eigenvalue weighted by atomic mass is 10.3. The van der Waals surface area contributed by atoms with Gasteiger partial charge in [-0.05, 0) is 24.6 Å². The third kappa shape index (κ3) is 2.25. The third-order valence-electron chi connectivity index (χ3n) is 2.09. The molecule has 0 bridgehead atoms. The molecule has 0 amide bonds. The van der Waals surface area contributed by atoms with Crippen LogP contribution in [0.15, 0.2) is 18.5 Å². The second kappa shape index (κ2) is 5.01. The molecule has 0 aliphatic rings. The Kier molecular flexibility index (Phi) is 3.42. The largest absolute Gasteiger partial charge is 0.461 e. The van der Waals surface area contributed by atoms with Crippen LogP contribution in [0, 0.1) is 0 Å². The number of halogens is 1. The zero-order valence-corrected chi connectivity index (χ0v) is 10.3. The van der Waals surface area contributed by atoms with Crippen molar-refractivity contribution >= 4 is 23.3 Å². The number of carbonyl (C=O) groups is 1. The van der Waals surface area contributed by atoms with Gasteiger partial charge in [-0.15, -0.1) is 0 Å². The fraction of sp³-hybridized carbons (Fsp3) is 0.200. The van der Waals surface area contributed by atoms with Gasteiger partial charge in [-0.2, -0.15) is 10.1 Å². The van der Waals surface area contributed by atoms with Crippen molar-refractivity contribution in [3.8, 4) is 5.82 Å². The van der Waals surface area contributed by atoms with Crippen LogP contribution in [-0.4, -0.2) is 32.3 Å². The molecule has 2 aromatic heterocycles. The molecule has 0 aromatic carbocycles. The lowest BCUT2D eigenvalue weighted by molar-refractivity contribution is 0.0520. The number of rotatable bonds is 3. The van der Waals surface area contributed by atoms with E-state index in [4.69, 9.17) is 22.1 Å². The summed E-state index contributed by atoms with van der Waals surface area (Å²) < 4.78 is 6.23. The van der Waals surface area contributed by atoms with E-state index in [1.54, 1.807) is 25.4 Å². The van der Waals surface area contributed by atoms with Crippen LogP contribution < -0.4 is 5.73 Å². The number of hydrogen-bond acceptors (Lipinski definition) is 6. The van der Waals surface area contributed by atoms with E-state index in [9.17, 15) is 4.79 Å². The zero-order chi connectivity index (χ0) is 13.1. The van der Waals surface area contributed by atoms with Crippen LogP contribution in [0.25, 0.3) is 5.82 Å². The molecule has 7 nitrogen and oxygen atoms in total. The molecule has 18 heavy (non-hydrogen) atoms. The third-order valence-corrected chi connectivity index (χ3v) is 2.26. The molecule has 0 fully saturated rings. The van der Waals surface area contributed by atoms with E-state index in [2.05, 4.69) is 15.1 Å². The van der Waals surface area contributed by atoms with Gasteiger partial charge in [-0.3, -0.25) is 0 Å². The molecule has 8 heteroatoms. The number of aromatic nitrogens is 4. The molecule has 2 N–H and O–H groups in total. The molecule has 2 aromatic rings. The molecule has 0 saturated heterocycles. The SMILES string of the molecule is CCOC(=O)c1nc(Cl)nc(-n2cccn2)c1N. The Labute approximate surface area is 108 Å². The summed E-state index contributed by atoms with van der Waals surface area (Å²) in [4.78, 5) is 19.4. The van der Waals surface area contributed by atoms with Crippen molar-refractivity contribution in [2.45, 2.75) is 6.92 Å². The second-order valence-corrected chi connectivity index (χ2v) is 3.59. The first kappa shape index (κ1) is 12.3. The molecule has 2 heterocycles. The molecule has 0 radical (unpaired) electrons. The highest BCUT2D eigenvalue weighted by molar-refractivity contribution is 6.28. The van der Waals surface area contributed by atoms with Crippen molar-refractivity contribution in [1.82, 2.24) is 19.7 Å². The van der Waals surface area contributed by atoms with E-state index >= 15 is 0 Å². The summed E-state index contributed by atoms with van der Waals surface area (Å²) in [6.07, 6.45) is 3.18. The standard InChI is InChI=1S/C10H10ClN5O2/c1-2-18-9(17)7-6(12)8(15-10(11)14-7)16-5-3-4-13-16/h3-5H,2,12H2,1H3. The Balaban J connectivity index is 2.53. The Hall–Kier alpha value is -2.15. The smallest absolute Gasteiger partial charge is 0.359 e. The van der Waals surface area contributed by atoms with Crippen LogP contribution in [0.2, 0.25) is 5.28 Å². The minimum absolute atomic E-state index is 0.0673. The van der Waals surface area contributed by atoms with Crippen LogP contribution in [0.1, 0.15) is 17.4 Å². The molecule has 2 rings (SSSR count). The Bertz CT molecular complexity index is 570. The molecule has 94 valence electrons. The van der Waals surface area contributed by atoms with Gasteiger partial charge in [-0.25, -0.2) is 14.5 Å². The molecule has 0 unspecified atom stereocenters. The maximum atomic E-state index is 11.7. The highest BCUT2D eigenvalue weighted by Gasteiger charge is 2.19. The molecule has 0 saturated carbocycles. The predicted octanol–water partition coefficient (Wildman–Crippen LogP) is 1.07. The number of nitrogens with zero attached hydrogens (tertiary/aromatic N) is 4. The zero-order valence-electron chi connectivity index (χ0n) is 9.50. The minimum Gasteiger partial charge on any atom is -0.461 e. The van der Waals surface area contributed by atoms with Gasteiger partial charge in [0, 0.05) is 12.4 Å². The van der Waals surface area contributed by atoms with Gasteiger partial charge in [0.05, 0.1) is 6.61 Å². The number of nitrogen functional groups attached to an aromatic ring is 1. The van der Waals surface area contributed by atoms with E-state index < -0.39 is 5.97 Å². The summed E-state index contributed by atoms with van der Waals surface area (Å²) in [5.74, 6) is -0.407. The van der Waals surface area contributed by atoms with Crippen molar-refractivity contribution in [2.75, 3.05) is 12.3 Å². The number of carbonyl (C=O) groups excluding carboxylic acids is 1. The van der Waals surface area contributed by atoms with Gasteiger partial charge in [0.15, 0.2) is 11.5 Å². The summed E-state index contributed by atoms with van der Waals surface area (Å²) in [7, 11) is 0. The number of nitrogens with two attached hydrogens (primary N) is 1. The number of ether oxygens (including phenoxy) is 1. The van der Waals surface area contributed by atoms with E-state index in [0.717, 1.165) is 0 Å². The fourth-order valence-corrected chi connectivity index (χ4v) is 1.52. The average Bonchev–Trinajstić information content (AvgIpc) is 2.85. The van der Waals surface area contributed by atoms with Crippen molar-refractivity contribution < 1.29 is 9.53 Å². The Morgan fingerprint density at radius 3 is 2.94 bits per heavy atom. The molecular formula is C10H10ClN5O2. The average molecular weight is 268 g/mol. The van der Waals surface area contributed by atoms with Gasteiger partial charge in [0.2, 0.25) is 5.28 Å². The van der Waals surface area contributed by atoms with Crippen LogP contribution >= 0.6 is 11.6 Å². The first-order valence-electron chi connectivity index (χ1n) is 5.13. The predicted molar refractivity (Wildman–Crippen MR) is 64.5 cm³/mol. The minimum atomic E-state index is -0.646. The topological polar surface area (TPSA) is 95.9 Å². The molecule has 0 aliphatic carbocycles. The summed E-state index contributed by atoms with van der Waals surface area (Å²) in [6, 6.07) is 1.69. The molecule has 0 atom stereocenters. The van der Waals surface area contributed by atoms with Crippen molar-refractivity contribution in [3.05, 3.63) is 29.4 Å².